The van der Waals surface area contributed by atoms with E-state index in [1.807, 2.05) is 19.1 Å². The fourth-order valence-corrected chi connectivity index (χ4v) is 2.26. The summed E-state index contributed by atoms with van der Waals surface area (Å²) in [5, 5.41) is 4.57. The van der Waals surface area contributed by atoms with Gasteiger partial charge in [-0.15, -0.1) is 0 Å². The smallest absolute Gasteiger partial charge is 0.248 e. The van der Waals surface area contributed by atoms with Crippen LogP contribution in [0.25, 0.3) is 0 Å². The Hall–Kier alpha value is -1.71. The molecule has 0 aliphatic heterocycles. The molecule has 0 bridgehead atoms. The maximum Gasteiger partial charge on any atom is 0.248 e. The third-order valence-corrected chi connectivity index (χ3v) is 3.59. The minimum Gasteiger partial charge on any atom is -0.381 e. The lowest BCUT2D eigenvalue weighted by molar-refractivity contribution is 0.1000. The lowest BCUT2D eigenvalue weighted by atomic mass is 10.1. The number of nitrogens with two attached hydrogens (primary N) is 1. The van der Waals surface area contributed by atoms with E-state index < -0.39 is 5.91 Å². The monoisotopic (exact) mass is 308 g/mol. The molecular formula is C15H14Cl2N2O. The summed E-state index contributed by atoms with van der Waals surface area (Å²) in [5.41, 5.74) is 8.52. The highest BCUT2D eigenvalue weighted by Crippen LogP contribution is 2.23. The van der Waals surface area contributed by atoms with Crippen LogP contribution in [0, 0.1) is 6.92 Å². The van der Waals surface area contributed by atoms with Gasteiger partial charge in [0.2, 0.25) is 5.91 Å². The highest BCUT2D eigenvalue weighted by Gasteiger charge is 2.05. The number of halogens is 2. The minimum atomic E-state index is -0.433. The Labute approximate surface area is 127 Å². The van der Waals surface area contributed by atoms with Crippen LogP contribution in [0.15, 0.2) is 36.4 Å². The van der Waals surface area contributed by atoms with E-state index in [1.54, 1.807) is 24.3 Å². The lowest BCUT2D eigenvalue weighted by Crippen LogP contribution is -2.11. The van der Waals surface area contributed by atoms with E-state index in [2.05, 4.69) is 5.32 Å². The van der Waals surface area contributed by atoms with Gasteiger partial charge in [-0.3, -0.25) is 4.79 Å². The molecule has 2 aromatic carbocycles. The summed E-state index contributed by atoms with van der Waals surface area (Å²) >= 11 is 12.1. The van der Waals surface area contributed by atoms with Crippen LogP contribution in [-0.2, 0) is 6.54 Å². The van der Waals surface area contributed by atoms with Crippen LogP contribution in [0.1, 0.15) is 21.5 Å². The van der Waals surface area contributed by atoms with Crippen LogP contribution in [0.3, 0.4) is 0 Å². The van der Waals surface area contributed by atoms with Crippen LogP contribution in [0.4, 0.5) is 5.69 Å². The van der Waals surface area contributed by atoms with Gasteiger partial charge >= 0.3 is 0 Å². The third-order valence-electron chi connectivity index (χ3n) is 2.99. The van der Waals surface area contributed by atoms with Crippen LogP contribution >= 0.6 is 23.2 Å². The Kier molecular flexibility index (Phi) is 4.53. The van der Waals surface area contributed by atoms with E-state index in [9.17, 15) is 4.79 Å². The van der Waals surface area contributed by atoms with Gasteiger partial charge in [-0.2, -0.15) is 0 Å². The summed E-state index contributed by atoms with van der Waals surface area (Å²) < 4.78 is 0. The topological polar surface area (TPSA) is 55.1 Å². The zero-order valence-corrected chi connectivity index (χ0v) is 12.4. The second kappa shape index (κ2) is 6.16. The highest BCUT2D eigenvalue weighted by atomic mass is 35.5. The Balaban J connectivity index is 2.15. The largest absolute Gasteiger partial charge is 0.381 e. The fourth-order valence-electron chi connectivity index (χ4n) is 1.88. The number of hydrogen-bond acceptors (Lipinski definition) is 2. The van der Waals surface area contributed by atoms with Gasteiger partial charge in [0.05, 0.1) is 0 Å². The van der Waals surface area contributed by atoms with Crippen molar-refractivity contribution in [1.29, 1.82) is 0 Å². The van der Waals surface area contributed by atoms with Gasteiger partial charge in [0.25, 0.3) is 0 Å². The van der Waals surface area contributed by atoms with E-state index in [0.29, 0.717) is 22.2 Å². The normalized spacial score (nSPS) is 10.3. The van der Waals surface area contributed by atoms with Crippen LogP contribution in [0.2, 0.25) is 10.0 Å². The molecule has 20 heavy (non-hydrogen) atoms. The van der Waals surface area contributed by atoms with E-state index >= 15 is 0 Å². The first-order valence-electron chi connectivity index (χ1n) is 6.05. The lowest BCUT2D eigenvalue weighted by Gasteiger charge is -2.11. The molecule has 0 radical (unpaired) electrons. The zero-order valence-electron chi connectivity index (χ0n) is 10.9. The van der Waals surface area contributed by atoms with Gasteiger partial charge in [0.15, 0.2) is 0 Å². The molecule has 0 aliphatic rings. The minimum absolute atomic E-state index is 0.433. The molecule has 104 valence electrons. The first-order chi connectivity index (χ1) is 9.47. The number of amides is 1. The number of aryl methyl sites for hydroxylation is 1. The van der Waals surface area contributed by atoms with Crippen molar-refractivity contribution in [2.45, 2.75) is 13.5 Å². The summed E-state index contributed by atoms with van der Waals surface area (Å²) in [5.74, 6) is -0.433. The standard InChI is InChI=1S/C15H14Cl2N2O/c1-9-6-10(15(18)20)2-5-14(9)19-8-11-7-12(16)3-4-13(11)17/h2-7,19H,8H2,1H3,(H2,18,20). The first kappa shape index (κ1) is 14.7. The van der Waals surface area contributed by atoms with Crippen molar-refractivity contribution in [1.82, 2.24) is 0 Å². The number of carbonyl (C=O) groups is 1. The molecule has 0 aromatic heterocycles. The van der Waals surface area contributed by atoms with Crippen molar-refractivity contribution in [2.75, 3.05) is 5.32 Å². The van der Waals surface area contributed by atoms with Gasteiger partial charge in [-0.1, -0.05) is 23.2 Å². The Morgan fingerprint density at radius 1 is 1.20 bits per heavy atom. The van der Waals surface area contributed by atoms with E-state index in [1.165, 1.54) is 0 Å². The third kappa shape index (κ3) is 3.44. The van der Waals surface area contributed by atoms with Crippen molar-refractivity contribution in [2.24, 2.45) is 5.73 Å². The highest BCUT2D eigenvalue weighted by molar-refractivity contribution is 6.33. The summed E-state index contributed by atoms with van der Waals surface area (Å²) in [4.78, 5) is 11.1. The molecule has 5 heteroatoms. The summed E-state index contributed by atoms with van der Waals surface area (Å²) in [6.45, 7) is 2.46. The van der Waals surface area contributed by atoms with E-state index in [-0.39, 0.29) is 0 Å². The van der Waals surface area contributed by atoms with E-state index in [4.69, 9.17) is 28.9 Å². The second-order valence-electron chi connectivity index (χ2n) is 4.48. The van der Waals surface area contributed by atoms with Crippen molar-refractivity contribution in [3.63, 3.8) is 0 Å². The predicted molar refractivity (Wildman–Crippen MR) is 83.5 cm³/mol. The van der Waals surface area contributed by atoms with Crippen LogP contribution in [-0.4, -0.2) is 5.91 Å². The summed E-state index contributed by atoms with van der Waals surface area (Å²) in [7, 11) is 0. The van der Waals surface area contributed by atoms with Gasteiger partial charge in [-0.05, 0) is 54.4 Å². The Bertz CT molecular complexity index is 656. The molecule has 3 nitrogen and oxygen atoms in total. The van der Waals surface area contributed by atoms with Gasteiger partial charge < -0.3 is 11.1 Å². The predicted octanol–water partition coefficient (Wildman–Crippen LogP) is 4.01. The second-order valence-corrected chi connectivity index (χ2v) is 5.33. The molecule has 0 heterocycles. The molecule has 2 aromatic rings. The maximum atomic E-state index is 11.1. The van der Waals surface area contributed by atoms with Crippen molar-refractivity contribution in [3.05, 3.63) is 63.1 Å². The van der Waals surface area contributed by atoms with Gasteiger partial charge in [0, 0.05) is 27.8 Å². The molecule has 2 rings (SSSR count). The number of benzene rings is 2. The maximum absolute atomic E-state index is 11.1. The van der Waals surface area contributed by atoms with Gasteiger partial charge in [-0.25, -0.2) is 0 Å². The molecule has 0 spiro atoms. The number of rotatable bonds is 4. The molecule has 0 saturated carbocycles. The number of nitrogens with one attached hydrogen (secondary N) is 1. The van der Waals surface area contributed by atoms with E-state index in [0.717, 1.165) is 16.8 Å². The molecule has 0 unspecified atom stereocenters. The molecule has 0 aliphatic carbocycles. The number of anilines is 1. The molecule has 3 N–H and O–H groups in total. The van der Waals surface area contributed by atoms with Crippen LogP contribution in [0.5, 0.6) is 0 Å². The SMILES string of the molecule is Cc1cc(C(N)=O)ccc1NCc1cc(Cl)ccc1Cl. The molecule has 1 amide bonds. The molecular weight excluding hydrogens is 295 g/mol. The van der Waals surface area contributed by atoms with Crippen molar-refractivity contribution in [3.8, 4) is 0 Å². The van der Waals surface area contributed by atoms with Crippen molar-refractivity contribution >= 4 is 34.8 Å². The zero-order chi connectivity index (χ0) is 14.7. The average molecular weight is 309 g/mol. The average Bonchev–Trinajstić information content (AvgIpc) is 2.40. The molecule has 0 saturated heterocycles. The van der Waals surface area contributed by atoms with Crippen molar-refractivity contribution < 1.29 is 4.79 Å². The number of primary amides is 1. The van der Waals surface area contributed by atoms with Crippen LogP contribution < -0.4 is 11.1 Å². The quantitative estimate of drug-likeness (QED) is 0.896. The van der Waals surface area contributed by atoms with Gasteiger partial charge in [0.1, 0.15) is 0 Å². The number of hydrogen-bond donors (Lipinski definition) is 2. The number of carbonyl (C=O) groups excluding carboxylic acids is 1. The Morgan fingerprint density at radius 2 is 1.95 bits per heavy atom. The molecule has 0 atom stereocenters. The summed E-state index contributed by atoms with van der Waals surface area (Å²) in [6.07, 6.45) is 0. The molecule has 0 fully saturated rings. The summed E-state index contributed by atoms with van der Waals surface area (Å²) in [6, 6.07) is 10.6. The first-order valence-corrected chi connectivity index (χ1v) is 6.81. The Morgan fingerprint density at radius 3 is 2.60 bits per heavy atom. The fraction of sp³-hybridized carbons (Fsp3) is 0.133.